The third-order valence-corrected chi connectivity index (χ3v) is 4.47. The molecule has 6 heteroatoms. The molecule has 1 aromatic carbocycles. The van der Waals surface area contributed by atoms with E-state index < -0.39 is 0 Å². The number of hydrogen-bond acceptors (Lipinski definition) is 3. The van der Waals surface area contributed by atoms with E-state index in [1.165, 1.54) is 18.3 Å². The van der Waals surface area contributed by atoms with E-state index in [1.807, 2.05) is 30.9 Å². The Hall–Kier alpha value is -3.02. The fraction of sp³-hybridized carbons (Fsp3) is 0.250. The minimum absolute atomic E-state index is 0.0472. The first-order valence-corrected chi connectivity index (χ1v) is 8.59. The highest BCUT2D eigenvalue weighted by atomic mass is 19.1. The second kappa shape index (κ2) is 7.91. The number of aromatic nitrogens is 3. The van der Waals surface area contributed by atoms with Crippen molar-refractivity contribution in [3.63, 3.8) is 0 Å². The van der Waals surface area contributed by atoms with Crippen molar-refractivity contribution in [3.8, 4) is 11.3 Å². The summed E-state index contributed by atoms with van der Waals surface area (Å²) in [7, 11) is 0. The topological polar surface area (TPSA) is 61.9 Å². The van der Waals surface area contributed by atoms with E-state index in [0.717, 1.165) is 12.0 Å². The third-order valence-electron chi connectivity index (χ3n) is 4.47. The van der Waals surface area contributed by atoms with Gasteiger partial charge in [-0.05, 0) is 43.2 Å². The Morgan fingerprint density at radius 1 is 1.27 bits per heavy atom. The van der Waals surface area contributed by atoms with E-state index in [9.17, 15) is 9.18 Å². The predicted octanol–water partition coefficient (Wildman–Crippen LogP) is 4.05. The number of H-pyrrole nitrogens is 1. The van der Waals surface area contributed by atoms with Gasteiger partial charge in [0.1, 0.15) is 5.82 Å². The zero-order valence-electron chi connectivity index (χ0n) is 14.8. The number of benzene rings is 1. The Kier molecular flexibility index (Phi) is 5.41. The van der Waals surface area contributed by atoms with E-state index in [1.54, 1.807) is 24.5 Å². The lowest BCUT2D eigenvalue weighted by molar-refractivity contribution is 0.0672. The molecule has 2 aromatic heterocycles. The summed E-state index contributed by atoms with van der Waals surface area (Å²) in [5.41, 5.74) is 2.56. The van der Waals surface area contributed by atoms with Crippen molar-refractivity contribution in [1.29, 1.82) is 0 Å². The van der Waals surface area contributed by atoms with Crippen molar-refractivity contribution in [2.45, 2.75) is 32.9 Å². The summed E-state index contributed by atoms with van der Waals surface area (Å²) in [5.74, 6) is -0.491. The van der Waals surface area contributed by atoms with Gasteiger partial charge in [-0.15, -0.1) is 0 Å². The summed E-state index contributed by atoms with van der Waals surface area (Å²) in [6.07, 6.45) is 5.75. The molecule has 5 nitrogen and oxygen atoms in total. The predicted molar refractivity (Wildman–Crippen MR) is 97.8 cm³/mol. The van der Waals surface area contributed by atoms with Crippen LogP contribution >= 0.6 is 0 Å². The van der Waals surface area contributed by atoms with Gasteiger partial charge in [-0.2, -0.15) is 5.10 Å². The molecule has 0 aliphatic rings. The Morgan fingerprint density at radius 2 is 2.04 bits per heavy atom. The number of rotatable bonds is 6. The first-order chi connectivity index (χ1) is 12.6. The summed E-state index contributed by atoms with van der Waals surface area (Å²) in [6.45, 7) is 4.53. The van der Waals surface area contributed by atoms with Crippen LogP contribution in [0.5, 0.6) is 0 Å². The quantitative estimate of drug-likeness (QED) is 0.728. The summed E-state index contributed by atoms with van der Waals surface area (Å²) in [4.78, 5) is 19.1. The summed E-state index contributed by atoms with van der Waals surface area (Å²) >= 11 is 0. The van der Waals surface area contributed by atoms with E-state index in [4.69, 9.17) is 0 Å². The van der Waals surface area contributed by atoms with Gasteiger partial charge < -0.3 is 4.90 Å². The molecule has 3 rings (SSSR count). The van der Waals surface area contributed by atoms with E-state index in [0.29, 0.717) is 23.4 Å². The van der Waals surface area contributed by atoms with Crippen molar-refractivity contribution in [2.75, 3.05) is 0 Å². The van der Waals surface area contributed by atoms with Gasteiger partial charge >= 0.3 is 0 Å². The molecule has 26 heavy (non-hydrogen) atoms. The standard InChI is InChI=1S/C20H21FN4O/c1-3-14(2)25(13-15-7-9-22-10-8-15)20(26)18-12-23-24-19(18)16-5-4-6-17(21)11-16/h4-12,14H,3,13H2,1-2H3,(H,23,24)/t14-/m1/s1. The van der Waals surface area contributed by atoms with Crippen molar-refractivity contribution >= 4 is 5.91 Å². The highest BCUT2D eigenvalue weighted by Crippen LogP contribution is 2.24. The van der Waals surface area contributed by atoms with Gasteiger partial charge in [0, 0.05) is 30.5 Å². The van der Waals surface area contributed by atoms with E-state index >= 15 is 0 Å². The molecule has 1 N–H and O–H groups in total. The highest BCUT2D eigenvalue weighted by Gasteiger charge is 2.25. The number of nitrogens with one attached hydrogen (secondary N) is 1. The van der Waals surface area contributed by atoms with Crippen LogP contribution in [0.15, 0.2) is 55.0 Å². The summed E-state index contributed by atoms with van der Waals surface area (Å²) < 4.78 is 13.6. The molecule has 3 aromatic rings. The number of carbonyl (C=O) groups is 1. The maximum absolute atomic E-state index is 13.6. The van der Waals surface area contributed by atoms with Crippen molar-refractivity contribution in [3.05, 3.63) is 71.9 Å². The normalized spacial score (nSPS) is 12.0. The zero-order valence-corrected chi connectivity index (χ0v) is 14.8. The van der Waals surface area contributed by atoms with Crippen molar-refractivity contribution in [2.24, 2.45) is 0 Å². The van der Waals surface area contributed by atoms with E-state index in [-0.39, 0.29) is 17.8 Å². The molecule has 0 bridgehead atoms. The average Bonchev–Trinajstić information content (AvgIpc) is 3.15. The zero-order chi connectivity index (χ0) is 18.5. The SMILES string of the molecule is CC[C@@H](C)N(Cc1ccncc1)C(=O)c1cn[nH]c1-c1cccc(F)c1. The smallest absolute Gasteiger partial charge is 0.258 e. The lowest BCUT2D eigenvalue weighted by Crippen LogP contribution is -2.37. The van der Waals surface area contributed by atoms with Gasteiger partial charge in [-0.25, -0.2) is 4.39 Å². The number of pyridine rings is 1. The number of halogens is 1. The fourth-order valence-corrected chi connectivity index (χ4v) is 2.80. The lowest BCUT2D eigenvalue weighted by atomic mass is 10.1. The monoisotopic (exact) mass is 352 g/mol. The van der Waals surface area contributed by atoms with Crippen LogP contribution in [0, 0.1) is 5.82 Å². The Labute approximate surface area is 151 Å². The molecule has 0 spiro atoms. The molecule has 0 radical (unpaired) electrons. The summed E-state index contributed by atoms with van der Waals surface area (Å²) in [6, 6.07) is 9.96. The number of carbonyl (C=O) groups excluding carboxylic acids is 1. The molecule has 0 saturated carbocycles. The van der Waals surface area contributed by atoms with Gasteiger partial charge in [-0.1, -0.05) is 19.1 Å². The lowest BCUT2D eigenvalue weighted by Gasteiger charge is -2.28. The van der Waals surface area contributed by atoms with Crippen LogP contribution < -0.4 is 0 Å². The van der Waals surface area contributed by atoms with Gasteiger partial charge in [0.15, 0.2) is 0 Å². The molecule has 0 aliphatic heterocycles. The van der Waals surface area contributed by atoms with Gasteiger partial charge in [0.25, 0.3) is 5.91 Å². The van der Waals surface area contributed by atoms with Crippen LogP contribution in [0.2, 0.25) is 0 Å². The summed E-state index contributed by atoms with van der Waals surface area (Å²) in [5, 5.41) is 6.85. The molecular formula is C20H21FN4O. The minimum Gasteiger partial charge on any atom is -0.332 e. The van der Waals surface area contributed by atoms with Gasteiger partial charge in [0.2, 0.25) is 0 Å². The van der Waals surface area contributed by atoms with E-state index in [2.05, 4.69) is 15.2 Å². The molecule has 0 fully saturated rings. The Balaban J connectivity index is 1.94. The number of amides is 1. The van der Waals surface area contributed by atoms with Crippen LogP contribution in [-0.2, 0) is 6.54 Å². The number of aromatic amines is 1. The second-order valence-electron chi connectivity index (χ2n) is 6.21. The van der Waals surface area contributed by atoms with Crippen LogP contribution in [0.3, 0.4) is 0 Å². The maximum Gasteiger partial charge on any atom is 0.258 e. The molecule has 0 aliphatic carbocycles. The molecule has 2 heterocycles. The molecule has 1 amide bonds. The third kappa shape index (κ3) is 3.79. The minimum atomic E-state index is -0.355. The molecular weight excluding hydrogens is 331 g/mol. The first-order valence-electron chi connectivity index (χ1n) is 8.59. The number of hydrogen-bond donors (Lipinski definition) is 1. The van der Waals surface area contributed by atoms with Crippen LogP contribution in [-0.4, -0.2) is 32.0 Å². The first kappa shape index (κ1) is 17.8. The number of nitrogens with zero attached hydrogens (tertiary/aromatic N) is 3. The molecule has 0 unspecified atom stereocenters. The second-order valence-corrected chi connectivity index (χ2v) is 6.21. The largest absolute Gasteiger partial charge is 0.332 e. The highest BCUT2D eigenvalue weighted by molar-refractivity contribution is 5.99. The van der Waals surface area contributed by atoms with Crippen LogP contribution in [0.25, 0.3) is 11.3 Å². The average molecular weight is 352 g/mol. The Morgan fingerprint density at radius 3 is 2.73 bits per heavy atom. The fourth-order valence-electron chi connectivity index (χ4n) is 2.80. The van der Waals surface area contributed by atoms with Gasteiger partial charge in [-0.3, -0.25) is 14.9 Å². The van der Waals surface area contributed by atoms with Gasteiger partial charge in [0.05, 0.1) is 17.5 Å². The molecule has 134 valence electrons. The van der Waals surface area contributed by atoms with Crippen LogP contribution in [0.1, 0.15) is 36.2 Å². The van der Waals surface area contributed by atoms with Crippen molar-refractivity contribution < 1.29 is 9.18 Å². The molecule has 1 atom stereocenters. The maximum atomic E-state index is 13.6. The van der Waals surface area contributed by atoms with Crippen molar-refractivity contribution in [1.82, 2.24) is 20.1 Å². The van der Waals surface area contributed by atoms with Crippen LogP contribution in [0.4, 0.5) is 4.39 Å². The Bertz CT molecular complexity index is 878. The molecule has 0 saturated heterocycles.